The van der Waals surface area contributed by atoms with Gasteiger partial charge in [0.05, 0.1) is 5.41 Å². The second-order valence-corrected chi connectivity index (χ2v) is 6.70. The normalized spacial score (nSPS) is 12.3. The SMILES string of the molecule is CC(C)(C)CCCC(=O)NCCC(C)(C)C(=O)O. The molecule has 0 bridgehead atoms. The average molecular weight is 257 g/mol. The van der Waals surface area contributed by atoms with Gasteiger partial charge >= 0.3 is 5.97 Å². The van der Waals surface area contributed by atoms with Crippen LogP contribution in [0.5, 0.6) is 0 Å². The maximum Gasteiger partial charge on any atom is 0.309 e. The molecule has 0 unspecified atom stereocenters. The highest BCUT2D eigenvalue weighted by Crippen LogP contribution is 2.21. The van der Waals surface area contributed by atoms with E-state index in [2.05, 4.69) is 26.1 Å². The van der Waals surface area contributed by atoms with E-state index in [0.717, 1.165) is 12.8 Å². The number of aliphatic carboxylic acids is 1. The largest absolute Gasteiger partial charge is 0.481 e. The number of carboxylic acids is 1. The van der Waals surface area contributed by atoms with Crippen LogP contribution in [0, 0.1) is 10.8 Å². The van der Waals surface area contributed by atoms with Crippen LogP contribution in [0.1, 0.15) is 60.3 Å². The molecular weight excluding hydrogens is 230 g/mol. The molecule has 0 heterocycles. The van der Waals surface area contributed by atoms with Gasteiger partial charge in [-0.1, -0.05) is 20.8 Å². The van der Waals surface area contributed by atoms with Crippen LogP contribution in [0.4, 0.5) is 0 Å². The van der Waals surface area contributed by atoms with Crippen molar-refractivity contribution in [2.24, 2.45) is 10.8 Å². The molecule has 0 rings (SSSR count). The molecule has 0 aliphatic heterocycles. The van der Waals surface area contributed by atoms with Crippen molar-refractivity contribution in [1.29, 1.82) is 0 Å². The highest BCUT2D eigenvalue weighted by molar-refractivity contribution is 5.76. The fraction of sp³-hybridized carbons (Fsp3) is 0.857. The highest BCUT2D eigenvalue weighted by atomic mass is 16.4. The average Bonchev–Trinajstić information content (AvgIpc) is 2.14. The lowest BCUT2D eigenvalue weighted by atomic mass is 9.89. The van der Waals surface area contributed by atoms with Crippen LogP contribution in [0.25, 0.3) is 0 Å². The van der Waals surface area contributed by atoms with E-state index in [-0.39, 0.29) is 11.3 Å². The first-order valence-electron chi connectivity index (χ1n) is 6.55. The summed E-state index contributed by atoms with van der Waals surface area (Å²) >= 11 is 0. The van der Waals surface area contributed by atoms with Gasteiger partial charge in [-0.2, -0.15) is 0 Å². The maximum atomic E-state index is 11.5. The number of nitrogens with one attached hydrogen (secondary N) is 1. The van der Waals surface area contributed by atoms with Gasteiger partial charge in [-0.25, -0.2) is 0 Å². The van der Waals surface area contributed by atoms with Crippen molar-refractivity contribution in [1.82, 2.24) is 5.32 Å². The molecule has 2 N–H and O–H groups in total. The van der Waals surface area contributed by atoms with Crippen molar-refractivity contribution in [2.45, 2.75) is 60.3 Å². The van der Waals surface area contributed by atoms with Crippen LogP contribution in [0.15, 0.2) is 0 Å². The quantitative estimate of drug-likeness (QED) is 0.737. The Hall–Kier alpha value is -1.06. The van der Waals surface area contributed by atoms with E-state index in [0.29, 0.717) is 19.4 Å². The fourth-order valence-electron chi connectivity index (χ4n) is 1.49. The van der Waals surface area contributed by atoms with Gasteiger partial charge in [0, 0.05) is 13.0 Å². The molecule has 0 saturated carbocycles. The summed E-state index contributed by atoms with van der Waals surface area (Å²) in [5.41, 5.74) is -0.524. The number of hydrogen-bond acceptors (Lipinski definition) is 2. The second kappa shape index (κ2) is 6.76. The summed E-state index contributed by atoms with van der Waals surface area (Å²) in [5.74, 6) is -0.815. The van der Waals surface area contributed by atoms with Gasteiger partial charge in [0.2, 0.25) is 5.91 Å². The lowest BCUT2D eigenvalue weighted by molar-refractivity contribution is -0.147. The number of carbonyl (C=O) groups is 2. The van der Waals surface area contributed by atoms with E-state index in [9.17, 15) is 9.59 Å². The molecule has 106 valence electrons. The standard InChI is InChI=1S/C14H27NO3/c1-13(2,3)8-6-7-11(16)15-10-9-14(4,5)12(17)18/h6-10H2,1-5H3,(H,15,16)(H,17,18). The molecular formula is C14H27NO3. The first-order chi connectivity index (χ1) is 8.04. The summed E-state index contributed by atoms with van der Waals surface area (Å²) in [7, 11) is 0. The van der Waals surface area contributed by atoms with Crippen LogP contribution in [0.2, 0.25) is 0 Å². The van der Waals surface area contributed by atoms with Crippen molar-refractivity contribution in [3.63, 3.8) is 0 Å². The van der Waals surface area contributed by atoms with Gasteiger partial charge in [0.25, 0.3) is 0 Å². The smallest absolute Gasteiger partial charge is 0.309 e. The van der Waals surface area contributed by atoms with Crippen LogP contribution in [-0.4, -0.2) is 23.5 Å². The number of amides is 1. The van der Waals surface area contributed by atoms with Crippen molar-refractivity contribution in [3.05, 3.63) is 0 Å². The molecule has 0 aliphatic carbocycles. The summed E-state index contributed by atoms with van der Waals surface area (Å²) in [5, 5.41) is 11.7. The number of hydrogen-bond donors (Lipinski definition) is 2. The Labute approximate surface area is 110 Å². The molecule has 0 aromatic heterocycles. The van der Waals surface area contributed by atoms with Crippen molar-refractivity contribution < 1.29 is 14.7 Å². The van der Waals surface area contributed by atoms with Crippen molar-refractivity contribution >= 4 is 11.9 Å². The molecule has 0 atom stereocenters. The molecule has 0 aromatic rings. The van der Waals surface area contributed by atoms with Gasteiger partial charge in [0.1, 0.15) is 0 Å². The van der Waals surface area contributed by atoms with E-state index >= 15 is 0 Å². The lowest BCUT2D eigenvalue weighted by Gasteiger charge is -2.19. The van der Waals surface area contributed by atoms with Crippen LogP contribution < -0.4 is 5.32 Å². The third-order valence-electron chi connectivity index (χ3n) is 2.98. The Bertz CT molecular complexity index is 290. The Kier molecular flexibility index (Phi) is 6.36. The fourth-order valence-corrected chi connectivity index (χ4v) is 1.49. The molecule has 4 heteroatoms. The first kappa shape index (κ1) is 16.9. The van der Waals surface area contributed by atoms with Gasteiger partial charge < -0.3 is 10.4 Å². The zero-order valence-corrected chi connectivity index (χ0v) is 12.3. The van der Waals surface area contributed by atoms with Crippen LogP contribution >= 0.6 is 0 Å². The minimum atomic E-state index is -0.829. The number of rotatable bonds is 7. The van der Waals surface area contributed by atoms with Gasteiger partial charge in [-0.15, -0.1) is 0 Å². The molecule has 0 aliphatic rings. The van der Waals surface area contributed by atoms with Gasteiger partial charge in [-0.05, 0) is 38.5 Å². The monoisotopic (exact) mass is 257 g/mol. The maximum absolute atomic E-state index is 11.5. The highest BCUT2D eigenvalue weighted by Gasteiger charge is 2.26. The lowest BCUT2D eigenvalue weighted by Crippen LogP contribution is -2.31. The predicted molar refractivity (Wildman–Crippen MR) is 72.3 cm³/mol. The third kappa shape index (κ3) is 8.09. The minimum Gasteiger partial charge on any atom is -0.481 e. The summed E-state index contributed by atoms with van der Waals surface area (Å²) in [6, 6.07) is 0. The first-order valence-corrected chi connectivity index (χ1v) is 6.55. The zero-order valence-electron chi connectivity index (χ0n) is 12.3. The summed E-state index contributed by atoms with van der Waals surface area (Å²) in [6.07, 6.45) is 2.86. The Morgan fingerprint density at radius 1 is 1.06 bits per heavy atom. The van der Waals surface area contributed by atoms with E-state index in [1.54, 1.807) is 13.8 Å². The van der Waals surface area contributed by atoms with E-state index in [1.807, 2.05) is 0 Å². The molecule has 1 amide bonds. The number of carboxylic acid groups (broad SMARTS) is 1. The van der Waals surface area contributed by atoms with Gasteiger partial charge in [0.15, 0.2) is 0 Å². The summed E-state index contributed by atoms with van der Waals surface area (Å²) in [6.45, 7) is 10.2. The van der Waals surface area contributed by atoms with E-state index < -0.39 is 11.4 Å². The minimum absolute atomic E-state index is 0.0143. The Morgan fingerprint density at radius 2 is 1.61 bits per heavy atom. The summed E-state index contributed by atoms with van der Waals surface area (Å²) in [4.78, 5) is 22.4. The van der Waals surface area contributed by atoms with Crippen LogP contribution in [0.3, 0.4) is 0 Å². The molecule has 0 fully saturated rings. The second-order valence-electron chi connectivity index (χ2n) is 6.70. The third-order valence-corrected chi connectivity index (χ3v) is 2.98. The van der Waals surface area contributed by atoms with Crippen molar-refractivity contribution in [2.75, 3.05) is 6.54 Å². The zero-order chi connectivity index (χ0) is 14.4. The molecule has 0 spiro atoms. The Morgan fingerprint density at radius 3 is 2.06 bits per heavy atom. The molecule has 4 nitrogen and oxygen atoms in total. The predicted octanol–water partition coefficient (Wildman–Crippen LogP) is 2.82. The molecule has 0 radical (unpaired) electrons. The Balaban J connectivity index is 3.76. The molecule has 0 aromatic carbocycles. The van der Waals surface area contributed by atoms with Crippen LogP contribution in [-0.2, 0) is 9.59 Å². The summed E-state index contributed by atoms with van der Waals surface area (Å²) < 4.78 is 0. The molecule has 18 heavy (non-hydrogen) atoms. The van der Waals surface area contributed by atoms with E-state index in [4.69, 9.17) is 5.11 Å². The van der Waals surface area contributed by atoms with Gasteiger partial charge in [-0.3, -0.25) is 9.59 Å². The number of carbonyl (C=O) groups excluding carboxylic acids is 1. The topological polar surface area (TPSA) is 66.4 Å². The van der Waals surface area contributed by atoms with E-state index in [1.165, 1.54) is 0 Å². The van der Waals surface area contributed by atoms with Crippen molar-refractivity contribution in [3.8, 4) is 0 Å². The molecule has 0 saturated heterocycles.